The van der Waals surface area contributed by atoms with Gasteiger partial charge >= 0.3 is 6.09 Å². The van der Waals surface area contributed by atoms with E-state index in [0.717, 1.165) is 23.3 Å². The molecule has 1 N–H and O–H groups in total. The zero-order valence-electron chi connectivity index (χ0n) is 23.9. The Labute approximate surface area is 244 Å². The van der Waals surface area contributed by atoms with Gasteiger partial charge in [0.05, 0.1) is 29.3 Å². The summed E-state index contributed by atoms with van der Waals surface area (Å²) in [6.07, 6.45) is 1.60. The third-order valence-corrected chi connectivity index (χ3v) is 9.88. The van der Waals surface area contributed by atoms with Crippen LogP contribution in [0.1, 0.15) is 69.2 Å². The number of unbranched alkanes of at least 4 members (excludes halogenated alkanes) is 1. The van der Waals surface area contributed by atoms with Crippen molar-refractivity contribution in [3.63, 3.8) is 0 Å². The first-order chi connectivity index (χ1) is 19.5. The van der Waals surface area contributed by atoms with Crippen molar-refractivity contribution in [2.24, 2.45) is 0 Å². The van der Waals surface area contributed by atoms with Crippen LogP contribution in [-0.2, 0) is 27.7 Å². The maximum atomic E-state index is 13.7. The zero-order valence-corrected chi connectivity index (χ0v) is 25.5. The third-order valence-electron chi connectivity index (χ3n) is 6.88. The summed E-state index contributed by atoms with van der Waals surface area (Å²) in [5.41, 5.74) is 2.69. The van der Waals surface area contributed by atoms with Crippen LogP contribution in [0.2, 0.25) is 0 Å². The van der Waals surface area contributed by atoms with Crippen molar-refractivity contribution in [3.8, 4) is 0 Å². The number of hydrogen-bond donors (Lipinski definition) is 1. The molecule has 2 amide bonds. The van der Waals surface area contributed by atoms with E-state index in [4.69, 9.17) is 4.74 Å². The number of thiophene rings is 1. The molecule has 3 heterocycles. The number of aryl methyl sites for hydroxylation is 2. The summed E-state index contributed by atoms with van der Waals surface area (Å²) >= 11 is 1.23. The lowest BCUT2D eigenvalue weighted by molar-refractivity contribution is 0.0941. The van der Waals surface area contributed by atoms with E-state index in [-0.39, 0.29) is 29.5 Å². The summed E-state index contributed by atoms with van der Waals surface area (Å²) in [5, 5.41) is 7.55. The van der Waals surface area contributed by atoms with Gasteiger partial charge in [0.15, 0.2) is 0 Å². The highest BCUT2D eigenvalue weighted by Crippen LogP contribution is 2.38. The molecule has 0 aliphatic carbocycles. The standard InChI is InChI=1S/C28H35N5O6S2/c1-6-8-14-31(5)41(37,38)21-11-9-20(10-12-21)25(34)29-26-24(27(35)33-19(4)16-18(3)30-33)22-13-15-32(17-23(22)40-26)28(36)39-7-2/h9-12,16H,6-8,13-15,17H2,1-5H3,(H,29,34). The summed E-state index contributed by atoms with van der Waals surface area (Å²) in [5.74, 6) is -0.860. The predicted octanol–water partition coefficient (Wildman–Crippen LogP) is 4.44. The number of anilines is 1. The third kappa shape index (κ3) is 6.36. The largest absolute Gasteiger partial charge is 0.450 e. The van der Waals surface area contributed by atoms with Crippen molar-refractivity contribution in [1.29, 1.82) is 0 Å². The molecule has 2 aromatic heterocycles. The van der Waals surface area contributed by atoms with Crippen LogP contribution in [0.25, 0.3) is 0 Å². The smallest absolute Gasteiger partial charge is 0.410 e. The Balaban J connectivity index is 1.64. The van der Waals surface area contributed by atoms with E-state index in [2.05, 4.69) is 10.4 Å². The first-order valence-electron chi connectivity index (χ1n) is 13.5. The molecule has 1 aromatic carbocycles. The molecule has 0 radical (unpaired) electrons. The lowest BCUT2D eigenvalue weighted by atomic mass is 10.0. The van der Waals surface area contributed by atoms with Crippen LogP contribution in [-0.4, -0.2) is 72.1 Å². The lowest BCUT2D eigenvalue weighted by Gasteiger charge is -2.26. The Morgan fingerprint density at radius 2 is 1.85 bits per heavy atom. The molecule has 3 aromatic rings. The number of sulfonamides is 1. The SMILES string of the molecule is CCCCN(C)S(=O)(=O)c1ccc(C(=O)Nc2sc3c(c2C(=O)n2nc(C)cc2C)CCN(C(=O)OCC)C3)cc1. The van der Waals surface area contributed by atoms with Crippen molar-refractivity contribution in [2.45, 2.75) is 58.4 Å². The molecule has 0 saturated heterocycles. The van der Waals surface area contributed by atoms with Gasteiger partial charge in [0.2, 0.25) is 10.0 Å². The number of aromatic nitrogens is 2. The summed E-state index contributed by atoms with van der Waals surface area (Å²) in [6, 6.07) is 7.52. The average Bonchev–Trinajstić information content (AvgIpc) is 3.48. The number of amides is 2. The minimum atomic E-state index is -3.68. The topological polar surface area (TPSA) is 131 Å². The molecule has 0 atom stereocenters. The van der Waals surface area contributed by atoms with Crippen molar-refractivity contribution in [1.82, 2.24) is 19.0 Å². The predicted molar refractivity (Wildman–Crippen MR) is 156 cm³/mol. The number of benzene rings is 1. The fraction of sp³-hybridized carbons (Fsp3) is 0.429. The van der Waals surface area contributed by atoms with Gasteiger partial charge in [0, 0.05) is 36.3 Å². The van der Waals surface area contributed by atoms with E-state index in [0.29, 0.717) is 41.5 Å². The van der Waals surface area contributed by atoms with Gasteiger partial charge in [-0.3, -0.25) is 9.59 Å². The quantitative estimate of drug-likeness (QED) is 0.384. The normalized spacial score (nSPS) is 13.3. The van der Waals surface area contributed by atoms with Gasteiger partial charge in [-0.15, -0.1) is 11.3 Å². The Bertz CT molecular complexity index is 1560. The second kappa shape index (κ2) is 12.5. The second-order valence-electron chi connectivity index (χ2n) is 9.88. The number of fused-ring (bicyclic) bond motifs is 1. The molecule has 41 heavy (non-hydrogen) atoms. The maximum Gasteiger partial charge on any atom is 0.410 e. The van der Waals surface area contributed by atoms with Gasteiger partial charge in [-0.25, -0.2) is 22.2 Å². The molecular weight excluding hydrogens is 566 g/mol. The lowest BCUT2D eigenvalue weighted by Crippen LogP contribution is -2.36. The Morgan fingerprint density at radius 1 is 1.15 bits per heavy atom. The van der Waals surface area contributed by atoms with Gasteiger partial charge in [0.1, 0.15) is 5.00 Å². The molecular formula is C28H35N5O6S2. The fourth-order valence-electron chi connectivity index (χ4n) is 4.66. The number of ether oxygens (including phenoxy) is 1. The first kappa shape index (κ1) is 30.4. The van der Waals surface area contributed by atoms with Gasteiger partial charge in [-0.05, 0) is 69.5 Å². The summed E-state index contributed by atoms with van der Waals surface area (Å²) in [4.78, 5) is 41.9. The fourth-order valence-corrected chi connectivity index (χ4v) is 7.12. The minimum Gasteiger partial charge on any atom is -0.450 e. The molecule has 13 heteroatoms. The Kier molecular flexibility index (Phi) is 9.30. The van der Waals surface area contributed by atoms with Crippen LogP contribution < -0.4 is 5.32 Å². The molecule has 11 nitrogen and oxygen atoms in total. The van der Waals surface area contributed by atoms with Gasteiger partial charge in [-0.1, -0.05) is 13.3 Å². The summed E-state index contributed by atoms with van der Waals surface area (Å²) in [7, 11) is -2.14. The number of nitrogens with one attached hydrogen (secondary N) is 1. The van der Waals surface area contributed by atoms with Crippen LogP contribution in [0.3, 0.4) is 0 Å². The molecule has 0 unspecified atom stereocenters. The van der Waals surface area contributed by atoms with Crippen molar-refractivity contribution in [3.05, 3.63) is 63.3 Å². The van der Waals surface area contributed by atoms with Gasteiger partial charge in [-0.2, -0.15) is 5.10 Å². The van der Waals surface area contributed by atoms with E-state index < -0.39 is 22.0 Å². The molecule has 0 saturated carbocycles. The number of rotatable bonds is 9. The van der Waals surface area contributed by atoms with Crippen LogP contribution in [0, 0.1) is 13.8 Å². The highest BCUT2D eigenvalue weighted by molar-refractivity contribution is 7.89. The second-order valence-corrected chi connectivity index (χ2v) is 13.0. The number of carbonyl (C=O) groups is 3. The molecule has 220 valence electrons. The van der Waals surface area contributed by atoms with E-state index in [9.17, 15) is 22.8 Å². The van der Waals surface area contributed by atoms with E-state index in [1.807, 2.05) is 6.92 Å². The van der Waals surface area contributed by atoms with E-state index in [1.165, 1.54) is 51.6 Å². The Hall–Kier alpha value is -3.55. The van der Waals surface area contributed by atoms with Crippen molar-refractivity contribution in [2.75, 3.05) is 32.1 Å². The van der Waals surface area contributed by atoms with E-state index >= 15 is 0 Å². The Morgan fingerprint density at radius 3 is 2.46 bits per heavy atom. The average molecular weight is 602 g/mol. The molecule has 4 rings (SSSR count). The summed E-state index contributed by atoms with van der Waals surface area (Å²) < 4.78 is 33.5. The summed E-state index contributed by atoms with van der Waals surface area (Å²) in [6.45, 7) is 8.60. The number of hydrogen-bond acceptors (Lipinski definition) is 8. The monoisotopic (exact) mass is 601 g/mol. The molecule has 0 fully saturated rings. The van der Waals surface area contributed by atoms with Gasteiger partial charge < -0.3 is 15.0 Å². The molecule has 0 spiro atoms. The maximum absolute atomic E-state index is 13.7. The zero-order chi connectivity index (χ0) is 29.9. The van der Waals surface area contributed by atoms with Crippen LogP contribution in [0.5, 0.6) is 0 Å². The highest BCUT2D eigenvalue weighted by Gasteiger charge is 2.32. The highest BCUT2D eigenvalue weighted by atomic mass is 32.2. The van der Waals surface area contributed by atoms with Crippen molar-refractivity contribution < 1.29 is 27.5 Å². The molecule has 0 bridgehead atoms. The number of carbonyl (C=O) groups excluding carboxylic acids is 3. The minimum absolute atomic E-state index is 0.0960. The van der Waals surface area contributed by atoms with Crippen LogP contribution in [0.4, 0.5) is 9.80 Å². The van der Waals surface area contributed by atoms with Crippen molar-refractivity contribution >= 4 is 44.3 Å². The molecule has 1 aliphatic rings. The molecule has 1 aliphatic heterocycles. The van der Waals surface area contributed by atoms with Crippen LogP contribution in [0.15, 0.2) is 35.2 Å². The van der Waals surface area contributed by atoms with Gasteiger partial charge in [0.25, 0.3) is 11.8 Å². The first-order valence-corrected chi connectivity index (χ1v) is 15.8. The number of nitrogens with zero attached hydrogens (tertiary/aromatic N) is 4. The van der Waals surface area contributed by atoms with Crippen LogP contribution >= 0.6 is 11.3 Å². The van der Waals surface area contributed by atoms with E-state index in [1.54, 1.807) is 31.7 Å².